The van der Waals surface area contributed by atoms with Crippen LogP contribution in [0.4, 0.5) is 0 Å². The Morgan fingerprint density at radius 2 is 0.617 bits per heavy atom. The van der Waals surface area contributed by atoms with E-state index in [-0.39, 0.29) is 105 Å². The topological polar surface area (TPSA) is 86.4 Å². The van der Waals surface area contributed by atoms with E-state index in [0.29, 0.717) is 26.4 Å². The molecule has 8 nitrogen and oxygen atoms in total. The molecule has 0 N–H and O–H groups in total. The van der Waals surface area contributed by atoms with Gasteiger partial charge in [-0.25, -0.2) is 20.0 Å². The minimum Gasteiger partial charge on any atom is -1.00 e. The molecule has 0 unspecified atom stereocenters. The molecule has 0 saturated carbocycles. The van der Waals surface area contributed by atoms with Crippen molar-refractivity contribution in [2.24, 2.45) is 20.0 Å². The first-order valence-electron chi connectivity index (χ1n) is 18.9. The third kappa shape index (κ3) is 20.4. The molecule has 0 spiro atoms. The number of hydrogen-bond donors (Lipinski definition) is 0. The van der Waals surface area contributed by atoms with Gasteiger partial charge in [-0.3, -0.25) is 0 Å². The molecule has 336 valence electrons. The van der Waals surface area contributed by atoms with Gasteiger partial charge in [-0.05, 0) is 79.8 Å². The van der Waals surface area contributed by atoms with Crippen molar-refractivity contribution in [3.63, 3.8) is 0 Å². The van der Waals surface area contributed by atoms with Gasteiger partial charge in [0.15, 0.2) is 23.6 Å². The maximum atomic E-state index is 5.81. The Balaban J connectivity index is 0. The number of ether oxygens (including phenoxy) is 4. The van der Waals surface area contributed by atoms with Crippen LogP contribution in [-0.4, -0.2) is 96.8 Å². The fourth-order valence-electron chi connectivity index (χ4n) is 6.02. The van der Waals surface area contributed by atoms with Gasteiger partial charge in [-0.15, -0.1) is 0 Å². The first-order chi connectivity index (χ1) is 25.4. The Hall–Kier alpha value is -1.43. The van der Waals surface area contributed by atoms with E-state index >= 15 is 0 Å². The van der Waals surface area contributed by atoms with Gasteiger partial charge in [0.2, 0.25) is 0 Å². The second-order valence-electron chi connectivity index (χ2n) is 17.0. The molecule has 0 atom stereocenters. The summed E-state index contributed by atoms with van der Waals surface area (Å²) < 4.78 is 23.2. The van der Waals surface area contributed by atoms with Crippen LogP contribution >= 0.6 is 15.8 Å². The van der Waals surface area contributed by atoms with Crippen LogP contribution in [0, 0.1) is 13.8 Å². The normalized spacial score (nSPS) is 17.8. The predicted octanol–water partition coefficient (Wildman–Crippen LogP) is -3.27. The van der Waals surface area contributed by atoms with Crippen molar-refractivity contribution in [1.82, 2.24) is 0 Å². The zero-order valence-corrected chi connectivity index (χ0v) is 43.1. The Morgan fingerprint density at radius 1 is 0.400 bits per heavy atom. The standard InChI is InChI=1S/2C18H25N2O2P.C8H10.4ClH.2Co/c2*1-17(2)12-21-15(19-17)10-23(14-8-6-5-7-9-14)11-16-20-18(3,4)13-22-16;1-7-3-5-8(2)6-4-7;;;;;;/h2*5-9H,10-13H2,1-4H3;3-6H,1-2H3;4*1H;;/q;;;;;;;2*+2/p-4. The SMILES string of the molecule is CC1(C)COC(CP(CC2=NC(C)(C)CO2)c2ccccc2)=N1.CC1(C)COC(CP(CC2=NC(C)(C)CO2)c2ccccc2)=N1.Cc1ccc(C)cc1.[Cl-].[Cl-].[Cl-].[Cl-].[Co+2].[Co+2]. The molecular weight excluding hydrogens is 970 g/mol. The number of benzene rings is 3. The largest absolute Gasteiger partial charge is 2.00 e. The predicted molar refractivity (Wildman–Crippen MR) is 231 cm³/mol. The van der Waals surface area contributed by atoms with Gasteiger partial charge in [0.1, 0.15) is 26.4 Å². The smallest absolute Gasteiger partial charge is 1.00 e. The van der Waals surface area contributed by atoms with Crippen LogP contribution in [0.15, 0.2) is 105 Å². The van der Waals surface area contributed by atoms with E-state index in [4.69, 9.17) is 38.9 Å². The molecule has 0 amide bonds. The quantitative estimate of drug-likeness (QED) is 0.200. The molecule has 0 saturated heterocycles. The molecule has 0 fully saturated rings. The Labute approximate surface area is 407 Å². The molecule has 60 heavy (non-hydrogen) atoms. The molecule has 0 aliphatic carbocycles. The van der Waals surface area contributed by atoms with E-state index < -0.39 is 15.8 Å². The summed E-state index contributed by atoms with van der Waals surface area (Å²) in [6.45, 7) is 23.7. The van der Waals surface area contributed by atoms with Crippen LogP contribution in [0.3, 0.4) is 0 Å². The molecule has 0 bridgehead atoms. The molecule has 16 heteroatoms. The zero-order chi connectivity index (χ0) is 39.0. The van der Waals surface area contributed by atoms with Crippen LogP contribution in [-0.2, 0) is 52.5 Å². The molecule has 7 rings (SSSR count). The van der Waals surface area contributed by atoms with Crippen molar-refractivity contribution in [1.29, 1.82) is 0 Å². The molecular formula is C44H60Cl4Co2N4O4P2. The van der Waals surface area contributed by atoms with Crippen molar-refractivity contribution < 1.29 is 102 Å². The summed E-state index contributed by atoms with van der Waals surface area (Å²) in [4.78, 5) is 18.9. The average molecular weight is 1030 g/mol. The van der Waals surface area contributed by atoms with Crippen molar-refractivity contribution in [3.05, 3.63) is 96.1 Å². The monoisotopic (exact) mass is 1030 g/mol. The van der Waals surface area contributed by atoms with E-state index in [1.54, 1.807) is 0 Å². The van der Waals surface area contributed by atoms with E-state index in [9.17, 15) is 0 Å². The summed E-state index contributed by atoms with van der Waals surface area (Å²) in [6, 6.07) is 29.7. The van der Waals surface area contributed by atoms with Crippen molar-refractivity contribution in [2.45, 2.75) is 91.4 Å². The Morgan fingerprint density at radius 3 is 0.800 bits per heavy atom. The van der Waals surface area contributed by atoms with E-state index in [1.165, 1.54) is 21.7 Å². The Bertz CT molecular complexity index is 1630. The first-order valence-corrected chi connectivity index (χ1v) is 22.4. The zero-order valence-electron chi connectivity index (χ0n) is 36.2. The number of aliphatic imine (C=N–C) groups is 4. The minimum absolute atomic E-state index is 0. The van der Waals surface area contributed by atoms with Crippen molar-refractivity contribution in [2.75, 3.05) is 51.1 Å². The summed E-state index contributed by atoms with van der Waals surface area (Å²) in [5.41, 5.74) is 2.26. The fourth-order valence-corrected chi connectivity index (χ4v) is 10.1. The van der Waals surface area contributed by atoms with Gasteiger partial charge in [0, 0.05) is 24.6 Å². The van der Waals surface area contributed by atoms with Gasteiger partial charge in [0.25, 0.3) is 0 Å². The van der Waals surface area contributed by atoms with E-state index in [2.05, 4.69) is 154 Å². The minimum atomic E-state index is -0.472. The van der Waals surface area contributed by atoms with Gasteiger partial charge >= 0.3 is 33.6 Å². The summed E-state index contributed by atoms with van der Waals surface area (Å²) >= 11 is 0. The molecule has 3 aromatic rings. The second-order valence-corrected chi connectivity index (χ2v) is 21.4. The first kappa shape index (κ1) is 60.7. The van der Waals surface area contributed by atoms with Crippen LogP contribution in [0.1, 0.15) is 66.5 Å². The van der Waals surface area contributed by atoms with Crippen molar-refractivity contribution in [3.8, 4) is 0 Å². The van der Waals surface area contributed by atoms with Gasteiger partial charge in [-0.1, -0.05) is 112 Å². The van der Waals surface area contributed by atoms with Crippen LogP contribution in [0.25, 0.3) is 0 Å². The second kappa shape index (κ2) is 27.0. The van der Waals surface area contributed by atoms with Gasteiger partial charge < -0.3 is 68.6 Å². The van der Waals surface area contributed by atoms with Gasteiger partial charge in [-0.2, -0.15) is 0 Å². The van der Waals surface area contributed by atoms with Crippen LogP contribution in [0.5, 0.6) is 0 Å². The average Bonchev–Trinajstić information content (AvgIpc) is 3.87. The summed E-state index contributed by atoms with van der Waals surface area (Å²) in [7, 11) is -0.945. The summed E-state index contributed by atoms with van der Waals surface area (Å²) in [5, 5.41) is 2.68. The molecule has 0 aromatic heterocycles. The van der Waals surface area contributed by atoms with Crippen LogP contribution in [0.2, 0.25) is 0 Å². The van der Waals surface area contributed by atoms with E-state index in [0.717, 1.165) is 48.2 Å². The number of hydrogen-bond acceptors (Lipinski definition) is 8. The molecule has 4 heterocycles. The number of rotatable bonds is 10. The third-order valence-electron chi connectivity index (χ3n) is 8.84. The maximum Gasteiger partial charge on any atom is 2.00 e. The molecule has 2 radical (unpaired) electrons. The number of aryl methyl sites for hydroxylation is 2. The number of halogens is 4. The number of nitrogens with zero attached hydrogens (tertiary/aromatic N) is 4. The molecule has 4 aliphatic heterocycles. The molecule has 4 aliphatic rings. The fraction of sp³-hybridized carbons (Fsp3) is 0.500. The molecule has 3 aromatic carbocycles. The third-order valence-corrected chi connectivity index (χ3v) is 13.5. The summed E-state index contributed by atoms with van der Waals surface area (Å²) in [5.74, 6) is 3.51. The van der Waals surface area contributed by atoms with Gasteiger partial charge in [0.05, 0.1) is 22.2 Å². The Kier molecular flexibility index (Phi) is 27.3. The van der Waals surface area contributed by atoms with Crippen LogP contribution < -0.4 is 60.2 Å². The van der Waals surface area contributed by atoms with E-state index in [1.807, 2.05) is 0 Å². The van der Waals surface area contributed by atoms with Crippen molar-refractivity contribution >= 4 is 50.0 Å². The maximum absolute atomic E-state index is 5.81. The summed E-state index contributed by atoms with van der Waals surface area (Å²) in [6.07, 6.45) is 3.41.